The highest BCUT2D eigenvalue weighted by atomic mass is 32.1. The number of aryl methyl sites for hydroxylation is 1. The van der Waals surface area contributed by atoms with Gasteiger partial charge in [0.25, 0.3) is 5.91 Å². The third-order valence-electron chi connectivity index (χ3n) is 4.84. The summed E-state index contributed by atoms with van der Waals surface area (Å²) in [5, 5.41) is 12.7. The number of anilines is 1. The van der Waals surface area contributed by atoms with Gasteiger partial charge in [-0.25, -0.2) is 0 Å². The fraction of sp³-hybridized carbons (Fsp3) is 0.409. The number of amides is 1. The molecule has 29 heavy (non-hydrogen) atoms. The Morgan fingerprint density at radius 1 is 1.31 bits per heavy atom. The second-order valence-electron chi connectivity index (χ2n) is 7.29. The van der Waals surface area contributed by atoms with Crippen molar-refractivity contribution in [1.82, 2.24) is 0 Å². The number of hydrogen-bond donors (Lipinski definition) is 1. The zero-order valence-corrected chi connectivity index (χ0v) is 17.4. The summed E-state index contributed by atoms with van der Waals surface area (Å²) in [4.78, 5) is 25.2. The summed E-state index contributed by atoms with van der Waals surface area (Å²) in [5.41, 5.74) is 2.72. The molecule has 0 spiro atoms. The molecule has 1 heterocycles. The molecule has 1 amide bonds. The highest BCUT2D eigenvalue weighted by Gasteiger charge is 2.24. The zero-order valence-electron chi connectivity index (χ0n) is 16.6. The van der Waals surface area contributed by atoms with Crippen LogP contribution >= 0.6 is 11.3 Å². The normalized spacial score (nSPS) is 15.1. The van der Waals surface area contributed by atoms with E-state index in [1.54, 1.807) is 0 Å². The van der Waals surface area contributed by atoms with Crippen LogP contribution in [0.5, 0.6) is 5.75 Å². The first-order valence-electron chi connectivity index (χ1n) is 9.66. The second kappa shape index (κ2) is 9.57. The van der Waals surface area contributed by atoms with Gasteiger partial charge in [0.05, 0.1) is 18.6 Å². The minimum atomic E-state index is -0.507. The lowest BCUT2D eigenvalue weighted by molar-refractivity contribution is -0.147. The summed E-state index contributed by atoms with van der Waals surface area (Å²) in [6.07, 6.45) is 2.89. The van der Waals surface area contributed by atoms with Crippen molar-refractivity contribution in [2.24, 2.45) is 5.92 Å². The van der Waals surface area contributed by atoms with Gasteiger partial charge in [-0.2, -0.15) is 5.26 Å². The Labute approximate surface area is 174 Å². The lowest BCUT2D eigenvalue weighted by Gasteiger charge is -2.17. The molecular weight excluding hydrogens is 388 g/mol. The van der Waals surface area contributed by atoms with Crippen LogP contribution in [0.1, 0.15) is 41.3 Å². The third-order valence-corrected chi connectivity index (χ3v) is 6.01. The smallest absolute Gasteiger partial charge is 0.309 e. The Morgan fingerprint density at radius 3 is 2.79 bits per heavy atom. The second-order valence-corrected chi connectivity index (χ2v) is 8.39. The number of fused-ring (bicyclic) bond motifs is 1. The first kappa shape index (κ1) is 20.9. The maximum atomic E-state index is 12.2. The summed E-state index contributed by atoms with van der Waals surface area (Å²) in [5.74, 6) is 0.313. The van der Waals surface area contributed by atoms with Crippen LogP contribution in [0.15, 0.2) is 24.3 Å². The topological polar surface area (TPSA) is 88.4 Å². The molecule has 152 valence electrons. The fourth-order valence-corrected chi connectivity index (χ4v) is 4.60. The van der Waals surface area contributed by atoms with E-state index in [1.807, 2.05) is 31.2 Å². The van der Waals surface area contributed by atoms with Gasteiger partial charge in [-0.05, 0) is 49.8 Å². The van der Waals surface area contributed by atoms with Crippen LogP contribution in [-0.2, 0) is 27.2 Å². The van der Waals surface area contributed by atoms with Crippen LogP contribution < -0.4 is 10.1 Å². The fourth-order valence-electron chi connectivity index (χ4n) is 3.22. The van der Waals surface area contributed by atoms with Gasteiger partial charge in [-0.1, -0.05) is 24.6 Å². The molecule has 1 aliphatic rings. The van der Waals surface area contributed by atoms with Gasteiger partial charge in [0.2, 0.25) is 0 Å². The van der Waals surface area contributed by atoms with E-state index in [0.717, 1.165) is 30.4 Å². The van der Waals surface area contributed by atoms with Gasteiger partial charge in [0, 0.05) is 4.88 Å². The van der Waals surface area contributed by atoms with Crippen LogP contribution in [0.4, 0.5) is 5.00 Å². The van der Waals surface area contributed by atoms with Gasteiger partial charge < -0.3 is 14.8 Å². The number of ether oxygens (including phenoxy) is 2. The number of rotatable bonds is 7. The van der Waals surface area contributed by atoms with E-state index >= 15 is 0 Å². The van der Waals surface area contributed by atoms with Gasteiger partial charge in [-0.15, -0.1) is 11.3 Å². The van der Waals surface area contributed by atoms with Crippen molar-refractivity contribution in [3.8, 4) is 11.8 Å². The molecule has 1 aromatic heterocycles. The molecule has 1 unspecified atom stereocenters. The van der Waals surface area contributed by atoms with E-state index in [2.05, 4.69) is 18.3 Å². The molecule has 0 fully saturated rings. The van der Waals surface area contributed by atoms with E-state index in [4.69, 9.17) is 9.47 Å². The maximum absolute atomic E-state index is 12.2. The average Bonchev–Trinajstić information content (AvgIpc) is 3.03. The van der Waals surface area contributed by atoms with Crippen molar-refractivity contribution in [2.45, 2.75) is 39.5 Å². The predicted octanol–water partition coefficient (Wildman–Crippen LogP) is 4.00. The standard InChI is InChI=1S/C22H24N2O4S/c1-14-3-6-16(7-4-14)27-10-9-21(26)28-13-20(25)24-22-18(12-23)17-8-5-15(2)11-19(17)29-22/h3-4,6-7,15H,5,8-11,13H2,1-2H3,(H,24,25). The lowest BCUT2D eigenvalue weighted by Crippen LogP contribution is -2.21. The van der Waals surface area contributed by atoms with Crippen LogP contribution in [0.3, 0.4) is 0 Å². The summed E-state index contributed by atoms with van der Waals surface area (Å²) in [6.45, 7) is 3.97. The molecule has 1 aliphatic carbocycles. The number of carbonyl (C=O) groups excluding carboxylic acids is 2. The largest absolute Gasteiger partial charge is 0.493 e. The van der Waals surface area contributed by atoms with Crippen molar-refractivity contribution in [3.63, 3.8) is 0 Å². The molecule has 6 nitrogen and oxygen atoms in total. The van der Waals surface area contributed by atoms with Crippen molar-refractivity contribution in [3.05, 3.63) is 45.8 Å². The maximum Gasteiger partial charge on any atom is 0.309 e. The number of thiophene rings is 1. The number of carbonyl (C=O) groups is 2. The quantitative estimate of drug-likeness (QED) is 0.694. The highest BCUT2D eigenvalue weighted by Crippen LogP contribution is 2.39. The van der Waals surface area contributed by atoms with E-state index in [9.17, 15) is 14.9 Å². The van der Waals surface area contributed by atoms with Crippen molar-refractivity contribution in [2.75, 3.05) is 18.5 Å². The number of esters is 1. The predicted molar refractivity (Wildman–Crippen MR) is 111 cm³/mol. The first-order chi connectivity index (χ1) is 14.0. The Bertz CT molecular complexity index is 928. The van der Waals surface area contributed by atoms with Gasteiger partial charge in [0.15, 0.2) is 6.61 Å². The molecule has 1 N–H and O–H groups in total. The molecule has 7 heteroatoms. The van der Waals surface area contributed by atoms with Gasteiger partial charge in [-0.3, -0.25) is 9.59 Å². The van der Waals surface area contributed by atoms with Gasteiger partial charge >= 0.3 is 5.97 Å². The Hall–Kier alpha value is -2.85. The molecule has 0 saturated carbocycles. The average molecular weight is 413 g/mol. The van der Waals surface area contributed by atoms with E-state index in [0.29, 0.717) is 22.2 Å². The monoisotopic (exact) mass is 412 g/mol. The summed E-state index contributed by atoms with van der Waals surface area (Å²) in [6, 6.07) is 9.73. The van der Waals surface area contributed by atoms with Crippen LogP contribution in [-0.4, -0.2) is 25.1 Å². The van der Waals surface area contributed by atoms with Crippen LogP contribution in [0.25, 0.3) is 0 Å². The summed E-state index contributed by atoms with van der Waals surface area (Å²) < 4.78 is 10.5. The summed E-state index contributed by atoms with van der Waals surface area (Å²) in [7, 11) is 0. The SMILES string of the molecule is Cc1ccc(OCCC(=O)OCC(=O)Nc2sc3c(c2C#N)CCC(C)C3)cc1. The van der Waals surface area contributed by atoms with E-state index in [1.165, 1.54) is 16.2 Å². The van der Waals surface area contributed by atoms with Crippen molar-refractivity contribution in [1.29, 1.82) is 5.26 Å². The minimum absolute atomic E-state index is 0.0514. The molecule has 1 aromatic carbocycles. The number of hydrogen-bond acceptors (Lipinski definition) is 6. The Balaban J connectivity index is 1.44. The van der Waals surface area contributed by atoms with Crippen LogP contribution in [0, 0.1) is 24.2 Å². The highest BCUT2D eigenvalue weighted by molar-refractivity contribution is 7.16. The Morgan fingerprint density at radius 2 is 2.07 bits per heavy atom. The molecule has 0 aliphatic heterocycles. The number of nitrogens with one attached hydrogen (secondary N) is 1. The zero-order chi connectivity index (χ0) is 20.8. The van der Waals surface area contributed by atoms with Gasteiger partial charge in [0.1, 0.15) is 16.8 Å². The van der Waals surface area contributed by atoms with Crippen LogP contribution in [0.2, 0.25) is 0 Å². The minimum Gasteiger partial charge on any atom is -0.493 e. The molecule has 0 radical (unpaired) electrons. The number of benzene rings is 1. The third kappa shape index (κ3) is 5.58. The summed E-state index contributed by atoms with van der Waals surface area (Å²) >= 11 is 1.45. The first-order valence-corrected chi connectivity index (χ1v) is 10.5. The van der Waals surface area contributed by atoms with E-state index in [-0.39, 0.29) is 19.6 Å². The van der Waals surface area contributed by atoms with E-state index < -0.39 is 11.9 Å². The molecule has 2 aromatic rings. The van der Waals surface area contributed by atoms with Crippen molar-refractivity contribution < 1.29 is 19.1 Å². The molecule has 1 atom stereocenters. The molecular formula is C22H24N2O4S. The lowest BCUT2D eigenvalue weighted by atomic mass is 9.89. The number of nitriles is 1. The van der Waals surface area contributed by atoms with Crippen molar-refractivity contribution >= 4 is 28.2 Å². The number of nitrogens with zero attached hydrogens (tertiary/aromatic N) is 1. The molecule has 3 rings (SSSR count). The molecule has 0 saturated heterocycles. The molecule has 0 bridgehead atoms. The Kier molecular flexibility index (Phi) is 6.89.